The van der Waals surface area contributed by atoms with Gasteiger partial charge in [-0.15, -0.1) is 0 Å². The first-order valence-corrected chi connectivity index (χ1v) is 6.10. The van der Waals surface area contributed by atoms with Crippen LogP contribution >= 0.6 is 0 Å². The summed E-state index contributed by atoms with van der Waals surface area (Å²) in [5, 5.41) is 8.50. The summed E-state index contributed by atoms with van der Waals surface area (Å²) in [7, 11) is 1.60. The van der Waals surface area contributed by atoms with E-state index in [-0.39, 0.29) is 0 Å². The predicted molar refractivity (Wildman–Crippen MR) is 74.2 cm³/mol. The standard InChI is InChI=1S/C14H19NO5/c1-14(2,3)20-13(18)15(4)10-5-7-11(8-6-10)19-9-12(16)17/h5-8H,9H2,1-4H3,(H,16,17). The number of hydrogen-bond acceptors (Lipinski definition) is 4. The number of carbonyl (C=O) groups excluding carboxylic acids is 1. The molecule has 0 radical (unpaired) electrons. The predicted octanol–water partition coefficient (Wildman–Crippen LogP) is 2.52. The highest BCUT2D eigenvalue weighted by Gasteiger charge is 2.20. The van der Waals surface area contributed by atoms with Crippen LogP contribution in [0.5, 0.6) is 5.75 Å². The van der Waals surface area contributed by atoms with Gasteiger partial charge in [-0.25, -0.2) is 9.59 Å². The fourth-order valence-electron chi connectivity index (χ4n) is 1.35. The molecule has 20 heavy (non-hydrogen) atoms. The molecule has 0 aromatic heterocycles. The Bertz CT molecular complexity index is 475. The Morgan fingerprint density at radius 1 is 1.20 bits per heavy atom. The van der Waals surface area contributed by atoms with Gasteiger partial charge in [0.1, 0.15) is 11.4 Å². The molecular formula is C14H19NO5. The molecule has 0 unspecified atom stereocenters. The van der Waals surface area contributed by atoms with Crippen LogP contribution < -0.4 is 9.64 Å². The van der Waals surface area contributed by atoms with Crippen molar-refractivity contribution in [2.75, 3.05) is 18.6 Å². The molecule has 0 saturated carbocycles. The highest BCUT2D eigenvalue weighted by atomic mass is 16.6. The lowest BCUT2D eigenvalue weighted by atomic mass is 10.2. The quantitative estimate of drug-likeness (QED) is 0.917. The molecule has 1 aromatic carbocycles. The smallest absolute Gasteiger partial charge is 0.414 e. The number of rotatable bonds is 4. The number of anilines is 1. The summed E-state index contributed by atoms with van der Waals surface area (Å²) in [5.74, 6) is -0.617. The summed E-state index contributed by atoms with van der Waals surface area (Å²) in [6, 6.07) is 6.50. The fraction of sp³-hybridized carbons (Fsp3) is 0.429. The first-order chi connectivity index (χ1) is 9.19. The van der Waals surface area contributed by atoms with Crippen LogP contribution in [-0.4, -0.2) is 36.4 Å². The highest BCUT2D eigenvalue weighted by molar-refractivity contribution is 5.87. The Morgan fingerprint density at radius 2 is 1.75 bits per heavy atom. The van der Waals surface area contributed by atoms with E-state index in [1.807, 2.05) is 0 Å². The zero-order valence-electron chi connectivity index (χ0n) is 12.0. The van der Waals surface area contributed by atoms with E-state index in [1.165, 1.54) is 4.90 Å². The number of carboxylic acids is 1. The van der Waals surface area contributed by atoms with Crippen molar-refractivity contribution in [3.8, 4) is 5.75 Å². The minimum absolute atomic E-state index is 0.402. The van der Waals surface area contributed by atoms with E-state index in [1.54, 1.807) is 52.1 Å². The van der Waals surface area contributed by atoms with Crippen LogP contribution in [0.15, 0.2) is 24.3 Å². The first kappa shape index (κ1) is 15.8. The molecule has 1 N–H and O–H groups in total. The average molecular weight is 281 g/mol. The van der Waals surface area contributed by atoms with Crippen LogP contribution in [0.1, 0.15) is 20.8 Å². The largest absolute Gasteiger partial charge is 0.482 e. The van der Waals surface area contributed by atoms with Gasteiger partial charge in [-0.05, 0) is 45.0 Å². The van der Waals surface area contributed by atoms with E-state index >= 15 is 0 Å². The van der Waals surface area contributed by atoms with Crippen LogP contribution in [-0.2, 0) is 9.53 Å². The molecule has 0 spiro atoms. The first-order valence-electron chi connectivity index (χ1n) is 6.10. The lowest BCUT2D eigenvalue weighted by molar-refractivity contribution is -0.139. The van der Waals surface area contributed by atoms with Gasteiger partial charge in [-0.3, -0.25) is 4.90 Å². The molecule has 0 aliphatic rings. The minimum atomic E-state index is -1.04. The molecule has 1 aromatic rings. The number of carbonyl (C=O) groups is 2. The van der Waals surface area contributed by atoms with Crippen molar-refractivity contribution in [2.45, 2.75) is 26.4 Å². The normalized spacial score (nSPS) is 10.8. The Morgan fingerprint density at radius 3 is 2.20 bits per heavy atom. The maximum Gasteiger partial charge on any atom is 0.414 e. The molecule has 0 aliphatic carbocycles. The zero-order valence-corrected chi connectivity index (χ0v) is 12.0. The van der Waals surface area contributed by atoms with Gasteiger partial charge in [0.25, 0.3) is 0 Å². The lowest BCUT2D eigenvalue weighted by Gasteiger charge is -2.24. The summed E-state index contributed by atoms with van der Waals surface area (Å²) in [5.41, 5.74) is 0.0671. The summed E-state index contributed by atoms with van der Waals surface area (Å²) in [6.45, 7) is 4.98. The van der Waals surface area contributed by atoms with Crippen molar-refractivity contribution >= 4 is 17.7 Å². The van der Waals surface area contributed by atoms with E-state index in [0.717, 1.165) is 0 Å². The van der Waals surface area contributed by atoms with Crippen molar-refractivity contribution in [3.05, 3.63) is 24.3 Å². The van der Waals surface area contributed by atoms with Gasteiger partial charge in [-0.2, -0.15) is 0 Å². The van der Waals surface area contributed by atoms with Gasteiger partial charge in [-0.1, -0.05) is 0 Å². The maximum atomic E-state index is 11.9. The van der Waals surface area contributed by atoms with Gasteiger partial charge in [0.2, 0.25) is 0 Å². The lowest BCUT2D eigenvalue weighted by Crippen LogP contribution is -2.34. The number of ether oxygens (including phenoxy) is 2. The van der Waals surface area contributed by atoms with Crippen molar-refractivity contribution in [2.24, 2.45) is 0 Å². The highest BCUT2D eigenvalue weighted by Crippen LogP contribution is 2.20. The third kappa shape index (κ3) is 5.17. The van der Waals surface area contributed by atoms with Gasteiger partial charge in [0, 0.05) is 12.7 Å². The van der Waals surface area contributed by atoms with Gasteiger partial charge >= 0.3 is 12.1 Å². The molecule has 110 valence electrons. The molecular weight excluding hydrogens is 262 g/mol. The number of benzene rings is 1. The molecule has 1 rings (SSSR count). The van der Waals surface area contributed by atoms with E-state index < -0.39 is 24.3 Å². The van der Waals surface area contributed by atoms with Crippen LogP contribution in [0, 0.1) is 0 Å². The van der Waals surface area contributed by atoms with Gasteiger partial charge in [0.05, 0.1) is 0 Å². The Hall–Kier alpha value is -2.24. The second kappa shape index (κ2) is 6.27. The topological polar surface area (TPSA) is 76.1 Å². The molecule has 6 heteroatoms. The van der Waals surface area contributed by atoms with Crippen molar-refractivity contribution in [3.63, 3.8) is 0 Å². The second-order valence-corrected chi connectivity index (χ2v) is 5.22. The Kier molecular flexibility index (Phi) is 4.96. The average Bonchev–Trinajstić information content (AvgIpc) is 2.34. The second-order valence-electron chi connectivity index (χ2n) is 5.22. The number of nitrogens with zero attached hydrogens (tertiary/aromatic N) is 1. The van der Waals surface area contributed by atoms with Crippen LogP contribution in [0.4, 0.5) is 10.5 Å². The number of hydrogen-bond donors (Lipinski definition) is 1. The third-order valence-corrected chi connectivity index (χ3v) is 2.25. The Labute approximate surface area is 117 Å². The van der Waals surface area contributed by atoms with Crippen LogP contribution in [0.3, 0.4) is 0 Å². The summed E-state index contributed by atoms with van der Waals surface area (Å²) < 4.78 is 10.3. The number of amides is 1. The third-order valence-electron chi connectivity index (χ3n) is 2.25. The number of carboxylic acid groups (broad SMARTS) is 1. The molecule has 0 atom stereocenters. The molecule has 6 nitrogen and oxygen atoms in total. The maximum absolute atomic E-state index is 11.9. The fourth-order valence-corrected chi connectivity index (χ4v) is 1.35. The number of aliphatic carboxylic acids is 1. The van der Waals surface area contributed by atoms with E-state index in [2.05, 4.69) is 0 Å². The molecule has 0 fully saturated rings. The molecule has 0 saturated heterocycles. The summed E-state index contributed by atoms with van der Waals surface area (Å²) >= 11 is 0. The van der Waals surface area contributed by atoms with Crippen molar-refractivity contribution in [1.29, 1.82) is 0 Å². The van der Waals surface area contributed by atoms with Crippen LogP contribution in [0.25, 0.3) is 0 Å². The van der Waals surface area contributed by atoms with E-state index in [0.29, 0.717) is 11.4 Å². The van der Waals surface area contributed by atoms with Crippen LogP contribution in [0.2, 0.25) is 0 Å². The van der Waals surface area contributed by atoms with E-state index in [4.69, 9.17) is 14.6 Å². The van der Waals surface area contributed by atoms with Gasteiger partial charge < -0.3 is 14.6 Å². The summed E-state index contributed by atoms with van der Waals surface area (Å²) in [4.78, 5) is 23.6. The zero-order chi connectivity index (χ0) is 15.3. The monoisotopic (exact) mass is 281 g/mol. The van der Waals surface area contributed by atoms with Gasteiger partial charge in [0.15, 0.2) is 6.61 Å². The van der Waals surface area contributed by atoms with Crippen molar-refractivity contribution in [1.82, 2.24) is 0 Å². The Balaban J connectivity index is 2.68. The molecule has 0 heterocycles. The molecule has 0 aliphatic heterocycles. The molecule has 0 bridgehead atoms. The van der Waals surface area contributed by atoms with E-state index in [9.17, 15) is 9.59 Å². The summed E-state index contributed by atoms with van der Waals surface area (Å²) in [6.07, 6.45) is -0.461. The SMILES string of the molecule is CN(C(=O)OC(C)(C)C)c1ccc(OCC(=O)O)cc1. The minimum Gasteiger partial charge on any atom is -0.482 e. The molecule has 1 amide bonds. The van der Waals surface area contributed by atoms with Crippen molar-refractivity contribution < 1.29 is 24.2 Å².